The molecule has 0 spiro atoms. The molecule has 6 aromatic rings. The van der Waals surface area contributed by atoms with E-state index in [0.717, 1.165) is 32.6 Å². The van der Waals surface area contributed by atoms with Crippen LogP contribution in [0.1, 0.15) is 11.1 Å². The van der Waals surface area contributed by atoms with Crippen molar-refractivity contribution in [1.29, 1.82) is 0 Å². The lowest BCUT2D eigenvalue weighted by Crippen LogP contribution is -2.39. The molecular formula is C28H17BrF2N6O4S. The van der Waals surface area contributed by atoms with E-state index in [1.807, 2.05) is 0 Å². The van der Waals surface area contributed by atoms with Crippen molar-refractivity contribution in [3.8, 4) is 21.9 Å². The van der Waals surface area contributed by atoms with Gasteiger partial charge in [0.05, 0.1) is 28.7 Å². The number of non-ortho nitro benzene ring substituents is 1. The minimum atomic E-state index is -0.842. The Hall–Kier alpha value is -4.82. The van der Waals surface area contributed by atoms with E-state index in [1.54, 1.807) is 36.7 Å². The molecule has 0 aliphatic heterocycles. The van der Waals surface area contributed by atoms with Gasteiger partial charge in [0, 0.05) is 40.3 Å². The lowest BCUT2D eigenvalue weighted by molar-refractivity contribution is -0.384. The lowest BCUT2D eigenvalue weighted by atomic mass is 10.1. The van der Waals surface area contributed by atoms with Gasteiger partial charge < -0.3 is 0 Å². The maximum absolute atomic E-state index is 14.8. The molecule has 0 saturated heterocycles. The minimum absolute atomic E-state index is 0.111. The Labute approximate surface area is 247 Å². The number of hydrogen-bond donors (Lipinski definition) is 0. The fourth-order valence-corrected chi connectivity index (χ4v) is 6.68. The molecule has 0 fully saturated rings. The van der Waals surface area contributed by atoms with E-state index in [1.165, 1.54) is 35.1 Å². The van der Waals surface area contributed by atoms with Crippen LogP contribution < -0.4 is 11.2 Å². The van der Waals surface area contributed by atoms with Crippen LogP contribution in [-0.2, 0) is 11.9 Å². The maximum atomic E-state index is 14.8. The predicted octanol–water partition coefficient (Wildman–Crippen LogP) is 5.59. The van der Waals surface area contributed by atoms with Gasteiger partial charge in [0.2, 0.25) is 0 Å². The molecule has 42 heavy (non-hydrogen) atoms. The van der Waals surface area contributed by atoms with Crippen LogP contribution in [0, 0.1) is 21.7 Å². The van der Waals surface area contributed by atoms with E-state index in [-0.39, 0.29) is 32.5 Å². The van der Waals surface area contributed by atoms with Crippen molar-refractivity contribution in [1.82, 2.24) is 23.9 Å². The number of halogens is 3. The van der Waals surface area contributed by atoms with Crippen LogP contribution in [0.25, 0.3) is 32.2 Å². The second kappa shape index (κ2) is 10.9. The van der Waals surface area contributed by atoms with Crippen molar-refractivity contribution >= 4 is 43.2 Å². The number of benzene rings is 2. The number of rotatable bonds is 7. The first-order chi connectivity index (χ1) is 20.3. The second-order valence-corrected chi connectivity index (χ2v) is 10.6. The number of nitro benzene ring substituents is 1. The smallest absolute Gasteiger partial charge is 0.279 e. The number of nitro groups is 1. The molecule has 0 atom stereocenters. The highest BCUT2D eigenvalue weighted by atomic mass is 79.9. The van der Waals surface area contributed by atoms with Crippen molar-refractivity contribution in [3.05, 3.63) is 133 Å². The summed E-state index contributed by atoms with van der Waals surface area (Å²) in [5.74, 6) is -1.24. The molecule has 4 heterocycles. The van der Waals surface area contributed by atoms with Gasteiger partial charge in [-0.2, -0.15) is 5.10 Å². The number of thiophene rings is 1. The van der Waals surface area contributed by atoms with Gasteiger partial charge in [-0.25, -0.2) is 27.8 Å². The van der Waals surface area contributed by atoms with Crippen LogP contribution in [0.2, 0.25) is 0 Å². The molecule has 0 bridgehead atoms. The van der Waals surface area contributed by atoms with Gasteiger partial charge >= 0.3 is 5.69 Å². The van der Waals surface area contributed by atoms with Crippen molar-refractivity contribution in [2.45, 2.75) is 11.9 Å². The third-order valence-electron chi connectivity index (χ3n) is 6.65. The number of aromatic nitrogens is 5. The third-order valence-corrected chi connectivity index (χ3v) is 8.52. The zero-order valence-electron chi connectivity index (χ0n) is 21.3. The first kappa shape index (κ1) is 27.4. The Morgan fingerprint density at radius 3 is 2.31 bits per heavy atom. The molecule has 0 N–H and O–H groups in total. The molecule has 14 heteroatoms. The van der Waals surface area contributed by atoms with Crippen LogP contribution in [0.4, 0.5) is 14.5 Å². The summed E-state index contributed by atoms with van der Waals surface area (Å²) in [5.41, 5.74) is -0.678. The summed E-state index contributed by atoms with van der Waals surface area (Å²) in [7, 11) is 0. The Morgan fingerprint density at radius 2 is 1.71 bits per heavy atom. The van der Waals surface area contributed by atoms with E-state index < -0.39 is 34.4 Å². The molecule has 0 saturated carbocycles. The van der Waals surface area contributed by atoms with Gasteiger partial charge in [-0.05, 0) is 53.6 Å². The summed E-state index contributed by atoms with van der Waals surface area (Å²) in [5, 5.41) is 15.7. The Balaban J connectivity index is 1.63. The fourth-order valence-electron chi connectivity index (χ4n) is 4.62. The van der Waals surface area contributed by atoms with E-state index in [2.05, 4.69) is 26.0 Å². The predicted molar refractivity (Wildman–Crippen MR) is 157 cm³/mol. The number of pyridine rings is 1. The van der Waals surface area contributed by atoms with Crippen molar-refractivity contribution < 1.29 is 13.7 Å². The fraction of sp³-hybridized carbons (Fsp3) is 0.0714. The standard InChI is InChI=1S/C28H17BrF2N6O4S/c29-13-19-24-26(38)36(18-9-10-23(32-14-18)35-12-2-11-33-35)28(39)34(15-20-21(30)3-1-4-22(20)31)27(24)42-25(19)16-5-7-17(8-6-16)37(40)41/h1-12,14H,13,15H2. The van der Waals surface area contributed by atoms with Crippen LogP contribution >= 0.6 is 27.3 Å². The topological polar surface area (TPSA) is 118 Å². The Morgan fingerprint density at radius 1 is 0.976 bits per heavy atom. The molecule has 0 radical (unpaired) electrons. The lowest BCUT2D eigenvalue weighted by Gasteiger charge is -2.13. The van der Waals surface area contributed by atoms with Gasteiger partial charge in [0.1, 0.15) is 16.5 Å². The first-order valence-corrected chi connectivity index (χ1v) is 14.2. The minimum Gasteiger partial charge on any atom is -0.279 e. The van der Waals surface area contributed by atoms with E-state index in [0.29, 0.717) is 21.8 Å². The van der Waals surface area contributed by atoms with Crippen molar-refractivity contribution in [3.63, 3.8) is 0 Å². The number of hydrogen-bond acceptors (Lipinski definition) is 7. The molecule has 0 unspecified atom stereocenters. The van der Waals surface area contributed by atoms with Crippen LogP contribution in [0.5, 0.6) is 0 Å². The van der Waals surface area contributed by atoms with E-state index in [9.17, 15) is 28.5 Å². The molecule has 210 valence electrons. The van der Waals surface area contributed by atoms with Gasteiger partial charge in [-0.1, -0.05) is 22.0 Å². The average Bonchev–Trinajstić information content (AvgIpc) is 3.66. The number of fused-ring (bicyclic) bond motifs is 1. The molecular weight excluding hydrogens is 634 g/mol. The highest BCUT2D eigenvalue weighted by Gasteiger charge is 2.25. The van der Waals surface area contributed by atoms with Gasteiger partial charge in [0.15, 0.2) is 5.82 Å². The third kappa shape index (κ3) is 4.63. The second-order valence-electron chi connectivity index (χ2n) is 9.06. The molecule has 10 nitrogen and oxygen atoms in total. The first-order valence-electron chi connectivity index (χ1n) is 12.3. The zero-order valence-corrected chi connectivity index (χ0v) is 23.7. The highest BCUT2D eigenvalue weighted by molar-refractivity contribution is 9.08. The SMILES string of the molecule is O=c1c2c(CBr)c(-c3ccc([N+](=O)[O-])cc3)sc2n(Cc2c(F)cccc2F)c(=O)n1-c1ccc(-n2cccn2)nc1. The molecule has 0 aliphatic rings. The summed E-state index contributed by atoms with van der Waals surface area (Å²) in [6.45, 7) is -0.491. The Kier molecular flexibility index (Phi) is 7.08. The summed E-state index contributed by atoms with van der Waals surface area (Å²) >= 11 is 4.53. The summed E-state index contributed by atoms with van der Waals surface area (Å²) in [6.07, 6.45) is 4.61. The molecule has 0 amide bonds. The van der Waals surface area contributed by atoms with Gasteiger partial charge in [0.25, 0.3) is 11.2 Å². The van der Waals surface area contributed by atoms with Crippen LogP contribution in [0.3, 0.4) is 0 Å². The van der Waals surface area contributed by atoms with Gasteiger partial charge in [-0.3, -0.25) is 19.5 Å². The number of nitrogens with zero attached hydrogens (tertiary/aromatic N) is 6. The van der Waals surface area contributed by atoms with Crippen molar-refractivity contribution in [2.75, 3.05) is 0 Å². The van der Waals surface area contributed by atoms with Gasteiger partial charge in [-0.15, -0.1) is 11.3 Å². The summed E-state index contributed by atoms with van der Waals surface area (Å²) < 4.78 is 33.1. The van der Waals surface area contributed by atoms with Crippen molar-refractivity contribution in [2.24, 2.45) is 0 Å². The van der Waals surface area contributed by atoms with E-state index >= 15 is 0 Å². The normalized spacial score (nSPS) is 11.3. The molecule has 6 rings (SSSR count). The average molecular weight is 651 g/mol. The molecule has 2 aromatic carbocycles. The van der Waals surface area contributed by atoms with Crippen LogP contribution in [0.15, 0.2) is 88.8 Å². The summed E-state index contributed by atoms with van der Waals surface area (Å²) in [6, 6.07) is 14.0. The monoisotopic (exact) mass is 650 g/mol. The zero-order chi connectivity index (χ0) is 29.5. The number of alkyl halides is 1. The van der Waals surface area contributed by atoms with Crippen LogP contribution in [-0.4, -0.2) is 28.8 Å². The van der Waals surface area contributed by atoms with E-state index in [4.69, 9.17) is 0 Å². The molecule has 0 aliphatic carbocycles. The highest BCUT2D eigenvalue weighted by Crippen LogP contribution is 2.39. The quantitative estimate of drug-likeness (QED) is 0.126. The largest absolute Gasteiger partial charge is 0.337 e. The Bertz CT molecular complexity index is 2070. The summed E-state index contributed by atoms with van der Waals surface area (Å²) in [4.78, 5) is 43.7. The maximum Gasteiger partial charge on any atom is 0.337 e. The molecule has 4 aromatic heterocycles.